The predicted octanol–water partition coefficient (Wildman–Crippen LogP) is 2.26. The van der Waals surface area contributed by atoms with Crippen molar-refractivity contribution in [2.24, 2.45) is 0 Å². The molecule has 0 bridgehead atoms. The molecule has 2 aromatic rings. The van der Waals surface area contributed by atoms with Crippen molar-refractivity contribution in [3.8, 4) is 0 Å². The number of hydrogen-bond donors (Lipinski definition) is 3. The van der Waals surface area contributed by atoms with Crippen LogP contribution in [0.2, 0.25) is 0 Å². The molecule has 0 aromatic carbocycles. The zero-order valence-corrected chi connectivity index (χ0v) is 10.1. The second-order valence-corrected chi connectivity index (χ2v) is 3.95. The summed E-state index contributed by atoms with van der Waals surface area (Å²) in [5.41, 5.74) is 7.28. The number of H-pyrrole nitrogens is 1. The average Bonchev–Trinajstić information content (AvgIpc) is 2.84. The average molecular weight is 231 g/mol. The van der Waals surface area contributed by atoms with Crippen LogP contribution >= 0.6 is 0 Å². The first-order valence-corrected chi connectivity index (χ1v) is 5.69. The molecule has 0 aliphatic rings. The molecule has 17 heavy (non-hydrogen) atoms. The summed E-state index contributed by atoms with van der Waals surface area (Å²) in [5.74, 6) is 1.74. The third kappa shape index (κ3) is 2.55. The molecule has 0 radical (unpaired) electrons. The van der Waals surface area contributed by atoms with Gasteiger partial charge in [0.25, 0.3) is 0 Å². The monoisotopic (exact) mass is 231 g/mol. The summed E-state index contributed by atoms with van der Waals surface area (Å²) in [6.45, 7) is 4.00. The zero-order valence-electron chi connectivity index (χ0n) is 10.1. The lowest BCUT2D eigenvalue weighted by molar-refractivity contribution is 0.700. The highest BCUT2D eigenvalue weighted by Crippen LogP contribution is 2.19. The molecular weight excluding hydrogens is 214 g/mol. The van der Waals surface area contributed by atoms with Gasteiger partial charge in [-0.1, -0.05) is 6.92 Å². The second kappa shape index (κ2) is 4.86. The van der Waals surface area contributed by atoms with E-state index in [1.165, 1.54) is 0 Å². The Morgan fingerprint density at radius 1 is 1.47 bits per heavy atom. The highest BCUT2D eigenvalue weighted by Gasteiger charge is 2.12. The van der Waals surface area contributed by atoms with E-state index in [1.54, 1.807) is 6.20 Å². The van der Waals surface area contributed by atoms with Gasteiger partial charge in [0.1, 0.15) is 11.6 Å². The van der Waals surface area contributed by atoms with Gasteiger partial charge in [0.05, 0.1) is 17.4 Å². The highest BCUT2D eigenvalue weighted by molar-refractivity contribution is 5.49. The lowest BCUT2D eigenvalue weighted by Crippen LogP contribution is -2.12. The number of nitrogens with two attached hydrogens (primary N) is 1. The van der Waals surface area contributed by atoms with E-state index in [1.807, 2.05) is 25.3 Å². The molecule has 1 atom stereocenters. The number of hydrogen-bond acceptors (Lipinski definition) is 4. The van der Waals surface area contributed by atoms with Gasteiger partial charge in [-0.3, -0.25) is 0 Å². The first-order chi connectivity index (χ1) is 8.20. The summed E-state index contributed by atoms with van der Waals surface area (Å²) >= 11 is 0. The van der Waals surface area contributed by atoms with E-state index in [9.17, 15) is 0 Å². The molecule has 0 spiro atoms. The van der Waals surface area contributed by atoms with Crippen LogP contribution in [0.25, 0.3) is 0 Å². The molecule has 0 aliphatic carbocycles. The predicted molar refractivity (Wildman–Crippen MR) is 68.6 cm³/mol. The summed E-state index contributed by atoms with van der Waals surface area (Å²) in [6.07, 6.45) is 4.50. The van der Waals surface area contributed by atoms with Gasteiger partial charge in [-0.2, -0.15) is 0 Å². The molecule has 5 heteroatoms. The van der Waals surface area contributed by atoms with E-state index in [4.69, 9.17) is 5.73 Å². The second-order valence-electron chi connectivity index (χ2n) is 3.95. The van der Waals surface area contributed by atoms with Crippen LogP contribution < -0.4 is 11.1 Å². The van der Waals surface area contributed by atoms with E-state index in [0.29, 0.717) is 5.69 Å². The van der Waals surface area contributed by atoms with Crippen LogP contribution in [-0.4, -0.2) is 15.0 Å². The van der Waals surface area contributed by atoms with E-state index in [0.717, 1.165) is 23.8 Å². The number of nitrogen functional groups attached to an aromatic ring is 1. The molecule has 0 aliphatic heterocycles. The minimum atomic E-state index is 0.139. The Bertz CT molecular complexity index is 478. The van der Waals surface area contributed by atoms with Crippen LogP contribution in [0.1, 0.15) is 30.9 Å². The number of imidazole rings is 1. The van der Waals surface area contributed by atoms with Crippen LogP contribution in [0, 0.1) is 6.92 Å². The number of nitrogens with zero attached hydrogens (tertiary/aromatic N) is 2. The summed E-state index contributed by atoms with van der Waals surface area (Å²) in [5, 5.41) is 3.34. The maximum Gasteiger partial charge on any atom is 0.128 e. The molecule has 2 aromatic heterocycles. The van der Waals surface area contributed by atoms with E-state index >= 15 is 0 Å². The Kier molecular flexibility index (Phi) is 3.27. The number of anilines is 2. The minimum Gasteiger partial charge on any atom is -0.397 e. The molecule has 1 unspecified atom stereocenters. The molecule has 0 saturated carbocycles. The van der Waals surface area contributed by atoms with Crippen LogP contribution in [-0.2, 0) is 0 Å². The van der Waals surface area contributed by atoms with E-state index in [-0.39, 0.29) is 6.04 Å². The minimum absolute atomic E-state index is 0.139. The van der Waals surface area contributed by atoms with Crippen molar-refractivity contribution in [3.05, 3.63) is 36.0 Å². The molecule has 5 nitrogen and oxygen atoms in total. The Hall–Kier alpha value is -2.04. The summed E-state index contributed by atoms with van der Waals surface area (Å²) in [7, 11) is 0. The molecule has 0 saturated heterocycles. The number of aromatic nitrogens is 3. The molecule has 0 amide bonds. The maximum atomic E-state index is 5.74. The van der Waals surface area contributed by atoms with Crippen molar-refractivity contribution in [1.82, 2.24) is 15.0 Å². The summed E-state index contributed by atoms with van der Waals surface area (Å²) in [4.78, 5) is 11.8. The van der Waals surface area contributed by atoms with Crippen molar-refractivity contribution in [1.29, 1.82) is 0 Å². The molecular formula is C12H17N5. The lowest BCUT2D eigenvalue weighted by Gasteiger charge is -2.15. The summed E-state index contributed by atoms with van der Waals surface area (Å²) in [6, 6.07) is 3.88. The molecule has 2 rings (SSSR count). The Morgan fingerprint density at radius 2 is 2.29 bits per heavy atom. The number of aromatic amines is 1. The first-order valence-electron chi connectivity index (χ1n) is 5.69. The Balaban J connectivity index is 2.16. The Morgan fingerprint density at radius 3 is 2.88 bits per heavy atom. The lowest BCUT2D eigenvalue weighted by atomic mass is 10.2. The van der Waals surface area contributed by atoms with Gasteiger partial charge in [0.15, 0.2) is 0 Å². The topological polar surface area (TPSA) is 79.6 Å². The van der Waals surface area contributed by atoms with Crippen LogP contribution in [0.4, 0.5) is 11.5 Å². The molecule has 4 N–H and O–H groups in total. The normalized spacial score (nSPS) is 12.4. The van der Waals surface area contributed by atoms with Gasteiger partial charge in [-0.15, -0.1) is 0 Å². The van der Waals surface area contributed by atoms with Gasteiger partial charge in [0, 0.05) is 12.4 Å². The fourth-order valence-corrected chi connectivity index (χ4v) is 1.66. The van der Waals surface area contributed by atoms with Crippen LogP contribution in [0.15, 0.2) is 24.5 Å². The quantitative estimate of drug-likeness (QED) is 0.754. The number of nitrogens with one attached hydrogen (secondary N) is 2. The summed E-state index contributed by atoms with van der Waals surface area (Å²) < 4.78 is 0. The van der Waals surface area contributed by atoms with Gasteiger partial charge < -0.3 is 16.0 Å². The highest BCUT2D eigenvalue weighted by atomic mass is 15.1. The SMILES string of the molecule is CCC(Nc1ccc(N)c(C)n1)c1ncc[nH]1. The third-order valence-electron chi connectivity index (χ3n) is 2.71. The largest absolute Gasteiger partial charge is 0.397 e. The van der Waals surface area contributed by atoms with Crippen molar-refractivity contribution >= 4 is 11.5 Å². The van der Waals surface area contributed by atoms with Crippen LogP contribution in [0.3, 0.4) is 0 Å². The van der Waals surface area contributed by atoms with Gasteiger partial charge in [-0.05, 0) is 25.5 Å². The van der Waals surface area contributed by atoms with Crippen LogP contribution in [0.5, 0.6) is 0 Å². The fraction of sp³-hybridized carbons (Fsp3) is 0.333. The molecule has 2 heterocycles. The van der Waals surface area contributed by atoms with Crippen molar-refractivity contribution in [2.45, 2.75) is 26.3 Å². The van der Waals surface area contributed by atoms with Gasteiger partial charge in [-0.25, -0.2) is 9.97 Å². The zero-order chi connectivity index (χ0) is 12.3. The number of rotatable bonds is 4. The smallest absolute Gasteiger partial charge is 0.128 e. The van der Waals surface area contributed by atoms with Gasteiger partial charge >= 0.3 is 0 Å². The standard InChI is InChI=1S/C12H17N5/c1-3-10(12-14-6-7-15-12)17-11-5-4-9(13)8(2)16-11/h4-7,10H,3,13H2,1-2H3,(H,14,15)(H,16,17). The fourth-order valence-electron chi connectivity index (χ4n) is 1.66. The number of pyridine rings is 1. The molecule has 90 valence electrons. The number of aryl methyl sites for hydroxylation is 1. The Labute approximate surface area is 100 Å². The van der Waals surface area contributed by atoms with Crippen molar-refractivity contribution in [3.63, 3.8) is 0 Å². The first kappa shape index (κ1) is 11.4. The van der Waals surface area contributed by atoms with Crippen molar-refractivity contribution in [2.75, 3.05) is 11.1 Å². The van der Waals surface area contributed by atoms with E-state index in [2.05, 4.69) is 27.2 Å². The van der Waals surface area contributed by atoms with E-state index < -0.39 is 0 Å². The maximum absolute atomic E-state index is 5.74. The molecule has 0 fully saturated rings. The third-order valence-corrected chi connectivity index (χ3v) is 2.71. The van der Waals surface area contributed by atoms with Crippen molar-refractivity contribution < 1.29 is 0 Å². The van der Waals surface area contributed by atoms with Gasteiger partial charge in [0.2, 0.25) is 0 Å².